The van der Waals surface area contributed by atoms with Gasteiger partial charge in [-0.3, -0.25) is 5.10 Å². The van der Waals surface area contributed by atoms with Crippen LogP contribution >= 0.6 is 0 Å². The van der Waals surface area contributed by atoms with Crippen molar-refractivity contribution in [2.24, 2.45) is 0 Å². The van der Waals surface area contributed by atoms with Gasteiger partial charge in [0.25, 0.3) is 0 Å². The zero-order valence-electron chi connectivity index (χ0n) is 7.77. The third-order valence-corrected chi connectivity index (χ3v) is 1.90. The van der Waals surface area contributed by atoms with E-state index >= 15 is 0 Å². The van der Waals surface area contributed by atoms with Gasteiger partial charge in [0.15, 0.2) is 0 Å². The predicted molar refractivity (Wildman–Crippen MR) is 44.8 cm³/mol. The number of nitrogens with zero attached hydrogens (tertiary/aromatic N) is 1. The zero-order chi connectivity index (χ0) is 10.3. The average molecular weight is 242 g/mol. The number of halogens is 4. The van der Waals surface area contributed by atoms with Gasteiger partial charge in [0.1, 0.15) is 11.3 Å². The molecule has 0 spiro atoms. The third-order valence-electron chi connectivity index (χ3n) is 1.90. The first-order valence-corrected chi connectivity index (χ1v) is 3.81. The second kappa shape index (κ2) is 4.54. The van der Waals surface area contributed by atoms with E-state index in [1.54, 1.807) is 0 Å². The van der Waals surface area contributed by atoms with Crippen LogP contribution in [0.2, 0.25) is 0 Å². The molecule has 0 bridgehead atoms. The number of hydrogen-bond donors (Lipinski definition) is 1. The molecule has 0 aliphatic carbocycles. The fourth-order valence-corrected chi connectivity index (χ4v) is 1.22. The quantitative estimate of drug-likeness (QED) is 0.492. The van der Waals surface area contributed by atoms with Crippen molar-refractivity contribution >= 4 is 23.3 Å². The number of nitrogens with one attached hydrogen (secondary N) is 1. The maximum Gasteiger partial charge on any atom is 1.00 e. The van der Waals surface area contributed by atoms with Crippen molar-refractivity contribution in [1.29, 1.82) is 0 Å². The molecule has 2 nitrogen and oxygen atoms in total. The minimum Gasteiger partial charge on any atom is -0.445 e. The fraction of sp³-hybridized carbons (Fsp3) is 0. The molecule has 15 heavy (non-hydrogen) atoms. The number of hydrogen-bond acceptors (Lipinski definition) is 1. The van der Waals surface area contributed by atoms with E-state index in [2.05, 4.69) is 10.2 Å². The summed E-state index contributed by atoms with van der Waals surface area (Å²) < 4.78 is 49.9. The van der Waals surface area contributed by atoms with Crippen LogP contribution in [0.1, 0.15) is 0 Å². The Kier molecular flexibility index (Phi) is 3.99. The predicted octanol–water partition coefficient (Wildman–Crippen LogP) is -1.24. The standard InChI is InChI=1S/C7H4BF4N2.K/c9-6-2-5(8(10,11)12)1-4-3-13-14-7(4)6;/h1-3H,(H,13,14);/q-1;+1. The molecule has 0 saturated carbocycles. The molecule has 2 aromatic rings. The van der Waals surface area contributed by atoms with Gasteiger partial charge in [-0.05, 0) is 0 Å². The Morgan fingerprint density at radius 2 is 1.87 bits per heavy atom. The SMILES string of the molecule is Fc1cc([B-](F)(F)F)cc2cn[nH]c12.[K+]. The molecular formula is C7H4BF4KN2. The van der Waals surface area contributed by atoms with Crippen molar-refractivity contribution in [2.45, 2.75) is 0 Å². The molecule has 1 heterocycles. The molecule has 0 saturated heterocycles. The van der Waals surface area contributed by atoms with Gasteiger partial charge in [0.2, 0.25) is 0 Å². The molecule has 0 amide bonds. The number of aromatic amines is 1. The van der Waals surface area contributed by atoms with Crippen LogP contribution in [0.4, 0.5) is 17.3 Å². The largest absolute Gasteiger partial charge is 1.00 e. The Balaban J connectivity index is 0.00000112. The van der Waals surface area contributed by atoms with E-state index in [9.17, 15) is 17.3 Å². The summed E-state index contributed by atoms with van der Waals surface area (Å²) in [4.78, 5) is 0. The summed E-state index contributed by atoms with van der Waals surface area (Å²) in [5.74, 6) is -0.936. The minimum absolute atomic E-state index is 0. The van der Waals surface area contributed by atoms with Gasteiger partial charge >= 0.3 is 58.4 Å². The van der Waals surface area contributed by atoms with Crippen LogP contribution in [0, 0.1) is 5.82 Å². The van der Waals surface area contributed by atoms with Crippen molar-refractivity contribution in [3.05, 3.63) is 24.1 Å². The van der Waals surface area contributed by atoms with E-state index in [0.717, 1.165) is 12.3 Å². The number of fused-ring (bicyclic) bond motifs is 1. The molecular weight excluding hydrogens is 238 g/mol. The maximum absolute atomic E-state index is 13.0. The first kappa shape index (κ1) is 13.2. The number of benzene rings is 1. The molecule has 0 aliphatic rings. The fourth-order valence-electron chi connectivity index (χ4n) is 1.22. The molecule has 0 fully saturated rings. The first-order chi connectivity index (χ1) is 6.48. The monoisotopic (exact) mass is 242 g/mol. The van der Waals surface area contributed by atoms with Gasteiger partial charge in [-0.2, -0.15) is 5.10 Å². The Morgan fingerprint density at radius 1 is 1.20 bits per heavy atom. The van der Waals surface area contributed by atoms with Crippen molar-refractivity contribution in [2.75, 3.05) is 0 Å². The summed E-state index contributed by atoms with van der Waals surface area (Å²) in [5, 5.41) is 5.87. The van der Waals surface area contributed by atoms with Gasteiger partial charge in [0.05, 0.1) is 6.20 Å². The number of aromatic nitrogens is 2. The molecule has 8 heteroatoms. The normalized spacial score (nSPS) is 11.5. The van der Waals surface area contributed by atoms with E-state index in [1.165, 1.54) is 0 Å². The maximum atomic E-state index is 13.0. The van der Waals surface area contributed by atoms with Crippen LogP contribution in [0.15, 0.2) is 18.3 Å². The average Bonchev–Trinajstić information content (AvgIpc) is 2.50. The van der Waals surface area contributed by atoms with Crippen LogP contribution in [0.25, 0.3) is 10.9 Å². The van der Waals surface area contributed by atoms with Crippen LogP contribution in [-0.4, -0.2) is 17.2 Å². The summed E-state index contributed by atoms with van der Waals surface area (Å²) in [6, 6.07) is 1.35. The van der Waals surface area contributed by atoms with Gasteiger partial charge in [-0.25, -0.2) is 4.39 Å². The summed E-state index contributed by atoms with van der Waals surface area (Å²) >= 11 is 0. The molecule has 2 rings (SSSR count). The topological polar surface area (TPSA) is 28.7 Å². The Morgan fingerprint density at radius 3 is 2.47 bits per heavy atom. The van der Waals surface area contributed by atoms with Gasteiger partial charge < -0.3 is 12.9 Å². The first-order valence-electron chi connectivity index (χ1n) is 3.81. The molecule has 0 atom stereocenters. The van der Waals surface area contributed by atoms with Crippen molar-refractivity contribution in [3.8, 4) is 0 Å². The Bertz CT molecular complexity index is 481. The molecule has 1 aromatic carbocycles. The summed E-state index contributed by atoms with van der Waals surface area (Å²) in [5.41, 5.74) is -0.954. The summed E-state index contributed by atoms with van der Waals surface area (Å²) in [7, 11) is 0. The second-order valence-electron chi connectivity index (χ2n) is 2.91. The molecule has 0 aliphatic heterocycles. The van der Waals surface area contributed by atoms with Crippen molar-refractivity contribution in [1.82, 2.24) is 10.2 Å². The van der Waals surface area contributed by atoms with Crippen LogP contribution in [-0.2, 0) is 0 Å². The van der Waals surface area contributed by atoms with Crippen LogP contribution in [0.3, 0.4) is 0 Å². The summed E-state index contributed by atoms with van der Waals surface area (Å²) in [6.07, 6.45) is 1.16. The van der Waals surface area contributed by atoms with E-state index in [1.807, 2.05) is 0 Å². The van der Waals surface area contributed by atoms with E-state index in [4.69, 9.17) is 0 Å². The van der Waals surface area contributed by atoms with E-state index < -0.39 is 18.3 Å². The smallest absolute Gasteiger partial charge is 0.445 e. The van der Waals surface area contributed by atoms with Crippen molar-refractivity contribution < 1.29 is 68.7 Å². The van der Waals surface area contributed by atoms with Crippen LogP contribution in [0.5, 0.6) is 0 Å². The molecule has 0 unspecified atom stereocenters. The van der Waals surface area contributed by atoms with E-state index in [0.29, 0.717) is 6.07 Å². The second-order valence-corrected chi connectivity index (χ2v) is 2.91. The van der Waals surface area contributed by atoms with Crippen molar-refractivity contribution in [3.63, 3.8) is 0 Å². The zero-order valence-corrected chi connectivity index (χ0v) is 10.9. The Hall–Kier alpha value is 0.111. The third kappa shape index (κ3) is 2.62. The molecule has 1 aromatic heterocycles. The molecule has 74 valence electrons. The minimum atomic E-state index is -5.17. The number of H-pyrrole nitrogens is 1. The molecule has 0 radical (unpaired) electrons. The van der Waals surface area contributed by atoms with Crippen LogP contribution < -0.4 is 56.8 Å². The number of rotatable bonds is 1. The summed E-state index contributed by atoms with van der Waals surface area (Å²) in [6.45, 7) is -5.17. The van der Waals surface area contributed by atoms with Gasteiger partial charge in [-0.15, -0.1) is 5.46 Å². The van der Waals surface area contributed by atoms with E-state index in [-0.39, 0.29) is 62.3 Å². The molecule has 1 N–H and O–H groups in total. The Labute approximate surface area is 125 Å². The van der Waals surface area contributed by atoms with Gasteiger partial charge in [0, 0.05) is 5.39 Å². The van der Waals surface area contributed by atoms with Gasteiger partial charge in [-0.1, -0.05) is 12.1 Å².